The van der Waals surface area contributed by atoms with Crippen LogP contribution in [0.3, 0.4) is 0 Å². The Balaban J connectivity index is 1.80. The first-order chi connectivity index (χ1) is 11.8. The molecule has 0 atom stereocenters. The predicted molar refractivity (Wildman–Crippen MR) is 97.0 cm³/mol. The van der Waals surface area contributed by atoms with Crippen LogP contribution in [-0.4, -0.2) is 10.2 Å². The molecule has 0 aliphatic carbocycles. The number of H-pyrrole nitrogens is 1. The molecule has 4 rings (SSSR count). The van der Waals surface area contributed by atoms with E-state index in [-0.39, 0.29) is 5.56 Å². The van der Waals surface area contributed by atoms with Crippen LogP contribution in [0.2, 0.25) is 0 Å². The third kappa shape index (κ3) is 2.72. The average molecular weight is 312 g/mol. The second kappa shape index (κ2) is 6.13. The summed E-state index contributed by atoms with van der Waals surface area (Å²) < 4.78 is 0. The van der Waals surface area contributed by atoms with Crippen molar-refractivity contribution in [3.8, 4) is 11.3 Å². The monoisotopic (exact) mass is 312 g/mol. The lowest BCUT2D eigenvalue weighted by Gasteiger charge is -2.07. The molecule has 3 heteroatoms. The van der Waals surface area contributed by atoms with Crippen LogP contribution in [0.1, 0.15) is 11.1 Å². The Labute approximate surface area is 139 Å². The predicted octanol–water partition coefficient (Wildman–Crippen LogP) is 4.18. The summed E-state index contributed by atoms with van der Waals surface area (Å²) in [5, 5.41) is 8.43. The van der Waals surface area contributed by atoms with Crippen molar-refractivity contribution in [1.29, 1.82) is 0 Å². The Morgan fingerprint density at radius 3 is 2.29 bits per heavy atom. The average Bonchev–Trinajstić information content (AvgIpc) is 2.63. The molecule has 24 heavy (non-hydrogen) atoms. The lowest BCUT2D eigenvalue weighted by Crippen LogP contribution is -2.09. The number of nitrogens with zero attached hydrogens (tertiary/aromatic N) is 1. The quantitative estimate of drug-likeness (QED) is 0.617. The summed E-state index contributed by atoms with van der Waals surface area (Å²) in [5.74, 6) is 0. The van der Waals surface area contributed by atoms with Gasteiger partial charge in [0.15, 0.2) is 0 Å². The Hall–Kier alpha value is -3.20. The van der Waals surface area contributed by atoms with Gasteiger partial charge in [-0.3, -0.25) is 4.79 Å². The van der Waals surface area contributed by atoms with Crippen molar-refractivity contribution in [2.45, 2.75) is 6.42 Å². The van der Waals surface area contributed by atoms with Gasteiger partial charge in [0.1, 0.15) is 0 Å². The molecule has 116 valence electrons. The molecule has 0 unspecified atom stereocenters. The van der Waals surface area contributed by atoms with Gasteiger partial charge in [-0.05, 0) is 29.7 Å². The van der Waals surface area contributed by atoms with E-state index in [1.165, 1.54) is 11.1 Å². The third-order valence-electron chi connectivity index (χ3n) is 4.15. The topological polar surface area (TPSA) is 45.8 Å². The Kier molecular flexibility index (Phi) is 3.67. The van der Waals surface area contributed by atoms with Crippen LogP contribution in [0, 0.1) is 0 Å². The van der Waals surface area contributed by atoms with Crippen LogP contribution in [0.25, 0.3) is 22.0 Å². The van der Waals surface area contributed by atoms with Crippen LogP contribution < -0.4 is 5.56 Å². The molecule has 0 saturated heterocycles. The largest absolute Gasteiger partial charge is 0.272 e. The van der Waals surface area contributed by atoms with E-state index in [0.29, 0.717) is 5.39 Å². The molecular weight excluding hydrogens is 296 g/mol. The second-order valence-corrected chi connectivity index (χ2v) is 5.81. The molecule has 0 bridgehead atoms. The maximum Gasteiger partial charge on any atom is 0.272 e. The number of aromatic amines is 1. The van der Waals surface area contributed by atoms with Crippen molar-refractivity contribution in [2.75, 3.05) is 0 Å². The fourth-order valence-corrected chi connectivity index (χ4v) is 2.99. The number of rotatable bonds is 3. The number of benzene rings is 3. The van der Waals surface area contributed by atoms with Crippen molar-refractivity contribution in [3.63, 3.8) is 0 Å². The summed E-state index contributed by atoms with van der Waals surface area (Å²) in [6.07, 6.45) is 0.871. The SMILES string of the molecule is O=c1[nH]nc(-c2cccc(Cc3ccccc3)c2)c2ccccc12. The third-order valence-corrected chi connectivity index (χ3v) is 4.15. The number of aromatic nitrogens is 2. The van der Waals surface area contributed by atoms with Gasteiger partial charge in [0, 0.05) is 10.9 Å². The maximum atomic E-state index is 12.0. The molecule has 0 aliphatic heterocycles. The van der Waals surface area contributed by atoms with Crippen molar-refractivity contribution in [1.82, 2.24) is 10.2 Å². The molecule has 3 nitrogen and oxygen atoms in total. The van der Waals surface area contributed by atoms with E-state index in [2.05, 4.69) is 46.6 Å². The van der Waals surface area contributed by atoms with Gasteiger partial charge in [-0.1, -0.05) is 66.7 Å². The zero-order chi connectivity index (χ0) is 16.4. The number of hydrogen-bond acceptors (Lipinski definition) is 2. The van der Waals surface area contributed by atoms with Crippen molar-refractivity contribution in [2.24, 2.45) is 0 Å². The van der Waals surface area contributed by atoms with E-state index in [0.717, 1.165) is 23.1 Å². The van der Waals surface area contributed by atoms with Gasteiger partial charge < -0.3 is 0 Å². The zero-order valence-corrected chi connectivity index (χ0v) is 13.1. The molecule has 0 saturated carbocycles. The van der Waals surface area contributed by atoms with Gasteiger partial charge in [-0.2, -0.15) is 5.10 Å². The summed E-state index contributed by atoms with van der Waals surface area (Å²) in [4.78, 5) is 12.0. The van der Waals surface area contributed by atoms with Crippen LogP contribution in [0.5, 0.6) is 0 Å². The van der Waals surface area contributed by atoms with Gasteiger partial charge in [-0.15, -0.1) is 0 Å². The Morgan fingerprint density at radius 2 is 1.46 bits per heavy atom. The zero-order valence-electron chi connectivity index (χ0n) is 13.1. The van der Waals surface area contributed by atoms with Gasteiger partial charge in [-0.25, -0.2) is 5.10 Å². The first kappa shape index (κ1) is 14.4. The van der Waals surface area contributed by atoms with Gasteiger partial charge in [0.05, 0.1) is 11.1 Å². The smallest absolute Gasteiger partial charge is 0.267 e. The minimum absolute atomic E-state index is 0.158. The number of fused-ring (bicyclic) bond motifs is 1. The van der Waals surface area contributed by atoms with E-state index in [1.54, 1.807) is 0 Å². The Morgan fingerprint density at radius 1 is 0.750 bits per heavy atom. The van der Waals surface area contributed by atoms with Crippen molar-refractivity contribution < 1.29 is 0 Å². The van der Waals surface area contributed by atoms with E-state index in [9.17, 15) is 4.79 Å². The van der Waals surface area contributed by atoms with Crippen LogP contribution in [0.15, 0.2) is 83.7 Å². The minimum Gasteiger partial charge on any atom is -0.267 e. The highest BCUT2D eigenvalue weighted by atomic mass is 16.1. The first-order valence-electron chi connectivity index (χ1n) is 7.92. The van der Waals surface area contributed by atoms with Crippen LogP contribution in [-0.2, 0) is 6.42 Å². The highest BCUT2D eigenvalue weighted by molar-refractivity contribution is 5.93. The van der Waals surface area contributed by atoms with Crippen molar-refractivity contribution >= 4 is 10.8 Å². The fourth-order valence-electron chi connectivity index (χ4n) is 2.99. The molecule has 0 radical (unpaired) electrons. The molecule has 4 aromatic rings. The Bertz CT molecular complexity index is 1050. The molecular formula is C21H16N2O. The standard InChI is InChI=1S/C21H16N2O/c24-21-19-12-5-4-11-18(19)20(22-23-21)17-10-6-9-16(14-17)13-15-7-2-1-3-8-15/h1-12,14H,13H2,(H,23,24). The normalized spacial score (nSPS) is 10.8. The summed E-state index contributed by atoms with van der Waals surface area (Å²) in [5.41, 5.74) is 4.15. The first-order valence-corrected chi connectivity index (χ1v) is 7.92. The lowest BCUT2D eigenvalue weighted by atomic mass is 9.99. The maximum absolute atomic E-state index is 12.0. The minimum atomic E-state index is -0.158. The fraction of sp³-hybridized carbons (Fsp3) is 0.0476. The van der Waals surface area contributed by atoms with Crippen molar-refractivity contribution in [3.05, 3.63) is 100 Å². The van der Waals surface area contributed by atoms with E-state index < -0.39 is 0 Å². The summed E-state index contributed by atoms with van der Waals surface area (Å²) in [6, 6.07) is 26.3. The number of hydrogen-bond donors (Lipinski definition) is 1. The number of nitrogens with one attached hydrogen (secondary N) is 1. The highest BCUT2D eigenvalue weighted by Gasteiger charge is 2.08. The molecule has 0 fully saturated rings. The van der Waals surface area contributed by atoms with Crippen LogP contribution in [0.4, 0.5) is 0 Å². The molecule has 1 aromatic heterocycles. The second-order valence-electron chi connectivity index (χ2n) is 5.81. The molecule has 0 amide bonds. The van der Waals surface area contributed by atoms with E-state index >= 15 is 0 Å². The van der Waals surface area contributed by atoms with Crippen LogP contribution >= 0.6 is 0 Å². The van der Waals surface area contributed by atoms with Gasteiger partial charge in [0.25, 0.3) is 5.56 Å². The highest BCUT2D eigenvalue weighted by Crippen LogP contribution is 2.25. The molecule has 0 aliphatic rings. The van der Waals surface area contributed by atoms with E-state index in [4.69, 9.17) is 0 Å². The molecule has 3 aromatic carbocycles. The van der Waals surface area contributed by atoms with Gasteiger partial charge in [0.2, 0.25) is 0 Å². The summed E-state index contributed by atoms with van der Waals surface area (Å²) in [6.45, 7) is 0. The summed E-state index contributed by atoms with van der Waals surface area (Å²) in [7, 11) is 0. The van der Waals surface area contributed by atoms with Gasteiger partial charge >= 0.3 is 0 Å². The molecule has 1 N–H and O–H groups in total. The molecule has 0 spiro atoms. The summed E-state index contributed by atoms with van der Waals surface area (Å²) >= 11 is 0. The molecule has 1 heterocycles. The van der Waals surface area contributed by atoms with E-state index in [1.807, 2.05) is 42.5 Å². The lowest BCUT2D eigenvalue weighted by molar-refractivity contribution is 1.02.